The minimum absolute atomic E-state index is 0.316. The highest BCUT2D eigenvalue weighted by molar-refractivity contribution is 7.47. The van der Waals surface area contributed by atoms with Crippen molar-refractivity contribution in [3.63, 3.8) is 0 Å². The molecule has 8 heteroatoms. The summed E-state index contributed by atoms with van der Waals surface area (Å²) in [6.45, 7) is 10.1. The van der Waals surface area contributed by atoms with Crippen molar-refractivity contribution in [2.45, 2.75) is 86.0 Å². The molecule has 2 N–H and O–H groups in total. The third-order valence-corrected chi connectivity index (χ3v) is 5.29. The maximum absolute atomic E-state index is 11.9. The second-order valence-electron chi connectivity index (χ2n) is 6.75. The van der Waals surface area contributed by atoms with Crippen molar-refractivity contribution in [2.75, 3.05) is 13.2 Å². The van der Waals surface area contributed by atoms with Crippen LogP contribution in [0.25, 0.3) is 0 Å². The van der Waals surface area contributed by atoms with E-state index in [0.717, 1.165) is 58.3 Å². The van der Waals surface area contributed by atoms with E-state index in [1.54, 1.807) is 0 Å². The van der Waals surface area contributed by atoms with Gasteiger partial charge in [0.2, 0.25) is 5.78 Å². The number of carboxylic acids is 1. The smallest absolute Gasteiger partial charge is 0.472 e. The van der Waals surface area contributed by atoms with Crippen molar-refractivity contribution < 1.29 is 33.2 Å². The van der Waals surface area contributed by atoms with E-state index in [1.807, 2.05) is 0 Å². The first-order chi connectivity index (χ1) is 12.6. The molecule has 162 valence electrons. The summed E-state index contributed by atoms with van der Waals surface area (Å²) in [5.74, 6) is -1.52. The molecule has 0 aromatic carbocycles. The molecule has 0 radical (unpaired) electrons. The standard InChI is InChI=1S/C16H35O4P.C3H4O3/c1-5-9-11-15(7-3)13-19-21(17,18)20-14-16(8-4)12-10-6-2;1-2(4)3(5)6/h15-16H,5-14H2,1-4H3,(H,17,18);1H3,(H,5,6). The first-order valence-electron chi connectivity index (χ1n) is 9.98. The lowest BCUT2D eigenvalue weighted by Gasteiger charge is -2.20. The van der Waals surface area contributed by atoms with Crippen LogP contribution in [0.4, 0.5) is 0 Å². The molecule has 7 nitrogen and oxygen atoms in total. The number of ketones is 1. The molecule has 0 heterocycles. The van der Waals surface area contributed by atoms with E-state index >= 15 is 0 Å². The molecular weight excluding hydrogens is 371 g/mol. The maximum atomic E-state index is 11.9. The van der Waals surface area contributed by atoms with Gasteiger partial charge in [-0.15, -0.1) is 0 Å². The number of hydrogen-bond acceptors (Lipinski definition) is 5. The number of carbonyl (C=O) groups excluding carboxylic acids is 1. The Kier molecular flexibility index (Phi) is 18.3. The molecule has 2 atom stereocenters. The zero-order chi connectivity index (χ0) is 21.3. The van der Waals surface area contributed by atoms with E-state index < -0.39 is 19.6 Å². The Morgan fingerprint density at radius 1 is 0.889 bits per heavy atom. The normalized spacial score (nSPS) is 15.2. The summed E-state index contributed by atoms with van der Waals surface area (Å²) in [6.07, 6.45) is 8.56. The Morgan fingerprint density at radius 3 is 1.44 bits per heavy atom. The Morgan fingerprint density at radius 2 is 1.22 bits per heavy atom. The van der Waals surface area contributed by atoms with Gasteiger partial charge in [-0.3, -0.25) is 13.8 Å². The highest BCUT2D eigenvalue weighted by Crippen LogP contribution is 2.44. The summed E-state index contributed by atoms with van der Waals surface area (Å²) in [7, 11) is -3.89. The van der Waals surface area contributed by atoms with Crippen LogP contribution in [0.3, 0.4) is 0 Å². The topological polar surface area (TPSA) is 110 Å². The van der Waals surface area contributed by atoms with Crippen LogP contribution in [0, 0.1) is 11.8 Å². The van der Waals surface area contributed by atoms with Gasteiger partial charge in [-0.2, -0.15) is 0 Å². The van der Waals surface area contributed by atoms with Crippen LogP contribution in [0.5, 0.6) is 0 Å². The van der Waals surface area contributed by atoms with Crippen molar-refractivity contribution in [1.82, 2.24) is 0 Å². The van der Waals surface area contributed by atoms with Gasteiger partial charge in [-0.25, -0.2) is 9.36 Å². The number of phosphoric ester groups is 1. The molecule has 0 spiro atoms. The Labute approximate surface area is 164 Å². The van der Waals surface area contributed by atoms with Gasteiger partial charge in [0.1, 0.15) is 0 Å². The minimum Gasteiger partial charge on any atom is -0.476 e. The Hall–Kier alpha value is -0.750. The Bertz CT molecular complexity index is 404. The predicted octanol–water partition coefficient (Wildman–Crippen LogP) is 5.21. The lowest BCUT2D eigenvalue weighted by molar-refractivity contribution is -0.148. The van der Waals surface area contributed by atoms with Crippen LogP contribution in [0.2, 0.25) is 0 Å². The first kappa shape index (κ1) is 28.5. The van der Waals surface area contributed by atoms with Gasteiger partial charge < -0.3 is 10.00 Å². The number of carbonyl (C=O) groups is 2. The quantitative estimate of drug-likeness (QED) is 0.281. The zero-order valence-corrected chi connectivity index (χ0v) is 18.5. The summed E-state index contributed by atoms with van der Waals surface area (Å²) in [5.41, 5.74) is 0. The van der Waals surface area contributed by atoms with E-state index in [0.29, 0.717) is 25.0 Å². The molecule has 27 heavy (non-hydrogen) atoms. The fraction of sp³-hybridized carbons (Fsp3) is 0.895. The molecule has 0 aliphatic rings. The third kappa shape index (κ3) is 18.4. The van der Waals surface area contributed by atoms with Crippen LogP contribution in [0.1, 0.15) is 86.0 Å². The summed E-state index contributed by atoms with van der Waals surface area (Å²) in [5, 5.41) is 7.64. The molecular formula is C19H39O7P. The largest absolute Gasteiger partial charge is 0.476 e. The highest BCUT2D eigenvalue weighted by atomic mass is 31.2. The van der Waals surface area contributed by atoms with Crippen LogP contribution >= 0.6 is 7.82 Å². The molecule has 0 aliphatic carbocycles. The molecule has 0 aromatic heterocycles. The second-order valence-corrected chi connectivity index (χ2v) is 8.21. The summed E-state index contributed by atoms with van der Waals surface area (Å²) < 4.78 is 22.2. The predicted molar refractivity (Wildman–Crippen MR) is 107 cm³/mol. The number of Topliss-reactive ketones (excluding diaryl/α,β-unsaturated/α-hetero) is 1. The number of unbranched alkanes of at least 4 members (excludes halogenated alkanes) is 2. The van der Waals surface area contributed by atoms with Crippen molar-refractivity contribution in [2.24, 2.45) is 11.8 Å². The fourth-order valence-corrected chi connectivity index (χ4v) is 3.11. The monoisotopic (exact) mass is 410 g/mol. The number of phosphoric acid groups is 1. The van der Waals surface area contributed by atoms with E-state index in [-0.39, 0.29) is 0 Å². The maximum Gasteiger partial charge on any atom is 0.472 e. The van der Waals surface area contributed by atoms with Gasteiger partial charge in [0.15, 0.2) is 0 Å². The lowest BCUT2D eigenvalue weighted by Crippen LogP contribution is -2.12. The molecule has 0 aliphatic heterocycles. The van der Waals surface area contributed by atoms with Crippen molar-refractivity contribution in [1.29, 1.82) is 0 Å². The van der Waals surface area contributed by atoms with Gasteiger partial charge >= 0.3 is 13.8 Å². The molecule has 0 saturated carbocycles. The van der Waals surface area contributed by atoms with Gasteiger partial charge in [-0.05, 0) is 24.7 Å². The molecule has 0 bridgehead atoms. The molecule has 0 amide bonds. The third-order valence-electron chi connectivity index (χ3n) is 4.33. The van der Waals surface area contributed by atoms with E-state index in [9.17, 15) is 19.0 Å². The van der Waals surface area contributed by atoms with Crippen molar-refractivity contribution in [3.05, 3.63) is 0 Å². The number of aliphatic carboxylic acids is 1. The van der Waals surface area contributed by atoms with Crippen LogP contribution < -0.4 is 0 Å². The van der Waals surface area contributed by atoms with E-state index in [2.05, 4.69) is 27.7 Å². The summed E-state index contributed by atoms with van der Waals surface area (Å²) in [6, 6.07) is 0. The fourth-order valence-electron chi connectivity index (χ4n) is 2.23. The van der Waals surface area contributed by atoms with Crippen molar-refractivity contribution >= 4 is 19.6 Å². The molecule has 0 fully saturated rings. The number of carboxylic acid groups (broad SMARTS) is 1. The van der Waals surface area contributed by atoms with Crippen LogP contribution in [-0.4, -0.2) is 35.0 Å². The van der Waals surface area contributed by atoms with Crippen LogP contribution in [-0.2, 0) is 23.2 Å². The van der Waals surface area contributed by atoms with Gasteiger partial charge in [-0.1, -0.05) is 66.2 Å². The van der Waals surface area contributed by atoms with E-state index in [1.165, 1.54) is 0 Å². The summed E-state index contributed by atoms with van der Waals surface area (Å²) in [4.78, 5) is 28.7. The summed E-state index contributed by atoms with van der Waals surface area (Å²) >= 11 is 0. The zero-order valence-electron chi connectivity index (χ0n) is 17.6. The number of hydrogen-bond donors (Lipinski definition) is 2. The average molecular weight is 410 g/mol. The Balaban J connectivity index is 0. The van der Waals surface area contributed by atoms with Gasteiger partial charge in [0.05, 0.1) is 13.2 Å². The molecule has 2 unspecified atom stereocenters. The highest BCUT2D eigenvalue weighted by Gasteiger charge is 2.24. The second kappa shape index (κ2) is 17.4. The first-order valence-corrected chi connectivity index (χ1v) is 11.5. The number of rotatable bonds is 15. The SMILES string of the molecule is CC(=O)C(=O)O.CCCCC(CC)COP(=O)(O)OCC(CC)CCCC. The average Bonchev–Trinajstić information content (AvgIpc) is 2.62. The molecule has 0 rings (SSSR count). The minimum atomic E-state index is -3.89. The molecule has 0 saturated heterocycles. The van der Waals surface area contributed by atoms with E-state index in [4.69, 9.17) is 14.2 Å². The molecule has 0 aromatic rings. The lowest BCUT2D eigenvalue weighted by atomic mass is 10.0. The van der Waals surface area contributed by atoms with Crippen LogP contribution in [0.15, 0.2) is 0 Å². The van der Waals surface area contributed by atoms with Gasteiger partial charge in [0, 0.05) is 6.92 Å². The van der Waals surface area contributed by atoms with Gasteiger partial charge in [0.25, 0.3) is 0 Å². The van der Waals surface area contributed by atoms with Crippen molar-refractivity contribution in [3.8, 4) is 0 Å².